The van der Waals surface area contributed by atoms with Gasteiger partial charge >= 0.3 is 0 Å². The molecule has 0 unspecified atom stereocenters. The molecule has 17 heavy (non-hydrogen) atoms. The Morgan fingerprint density at radius 3 is 2.35 bits per heavy atom. The highest BCUT2D eigenvalue weighted by molar-refractivity contribution is 5.79. The van der Waals surface area contributed by atoms with E-state index in [4.69, 9.17) is 0 Å². The Morgan fingerprint density at radius 1 is 1.35 bits per heavy atom. The molecule has 5 heteroatoms. The molecule has 1 aromatic rings. The van der Waals surface area contributed by atoms with Gasteiger partial charge < -0.3 is 4.90 Å². The minimum absolute atomic E-state index is 0.0491. The summed E-state index contributed by atoms with van der Waals surface area (Å²) in [4.78, 5) is 23.0. The third-order valence-electron chi connectivity index (χ3n) is 2.70. The Labute approximate surface area is 100 Å². The number of rotatable bonds is 3. The number of hydrogen-bond donors (Lipinski definition) is 0. The van der Waals surface area contributed by atoms with Crippen LogP contribution in [0.1, 0.15) is 31.1 Å². The molecule has 0 aliphatic heterocycles. The second-order valence-electron chi connectivity index (χ2n) is 4.85. The normalized spacial score (nSPS) is 11.1. The van der Waals surface area contributed by atoms with Crippen molar-refractivity contribution < 1.29 is 9.72 Å². The number of nitrogens with zero attached hydrogens (tertiary/aromatic N) is 2. The lowest BCUT2D eigenvalue weighted by Gasteiger charge is -2.33. The predicted molar refractivity (Wildman–Crippen MR) is 66.6 cm³/mol. The summed E-state index contributed by atoms with van der Waals surface area (Å²) >= 11 is 0. The summed E-state index contributed by atoms with van der Waals surface area (Å²) in [6.45, 7) is 5.89. The second-order valence-corrected chi connectivity index (χ2v) is 4.85. The molecule has 0 bridgehead atoms. The quantitative estimate of drug-likeness (QED) is 0.459. The zero-order valence-electron chi connectivity index (χ0n) is 10.4. The molecular formula is C12H16N2O3. The predicted octanol–water partition coefficient (Wildman–Crippen LogP) is 2.64. The molecule has 92 valence electrons. The minimum Gasteiger partial charge on any atom is -0.364 e. The van der Waals surface area contributed by atoms with Crippen LogP contribution in [0, 0.1) is 10.1 Å². The van der Waals surface area contributed by atoms with Crippen LogP contribution in [0.3, 0.4) is 0 Å². The molecule has 1 rings (SSSR count). The molecule has 0 aliphatic rings. The molecule has 0 saturated heterocycles. The van der Waals surface area contributed by atoms with Crippen molar-refractivity contribution in [1.82, 2.24) is 0 Å². The van der Waals surface area contributed by atoms with E-state index in [9.17, 15) is 14.9 Å². The fourth-order valence-electron chi connectivity index (χ4n) is 1.40. The number of carbonyl (C=O) groups is 1. The van der Waals surface area contributed by atoms with E-state index in [1.165, 1.54) is 6.07 Å². The van der Waals surface area contributed by atoms with Crippen LogP contribution in [0.2, 0.25) is 0 Å². The van der Waals surface area contributed by atoms with Crippen LogP contribution in [0.25, 0.3) is 0 Å². The highest BCUT2D eigenvalue weighted by atomic mass is 16.6. The molecule has 0 heterocycles. The maximum atomic E-state index is 11.0. The van der Waals surface area contributed by atoms with Gasteiger partial charge in [0, 0.05) is 24.2 Å². The van der Waals surface area contributed by atoms with E-state index in [0.717, 1.165) is 0 Å². The van der Waals surface area contributed by atoms with Crippen molar-refractivity contribution in [1.29, 1.82) is 0 Å². The van der Waals surface area contributed by atoms with Gasteiger partial charge in [-0.25, -0.2) is 0 Å². The van der Waals surface area contributed by atoms with Crippen molar-refractivity contribution in [2.24, 2.45) is 0 Å². The number of nitro groups is 1. The average molecular weight is 236 g/mol. The monoisotopic (exact) mass is 236 g/mol. The second kappa shape index (κ2) is 4.53. The summed E-state index contributed by atoms with van der Waals surface area (Å²) in [5.74, 6) is 0. The Bertz CT molecular complexity index is 450. The number of nitro benzene ring substituents is 1. The third-order valence-corrected chi connectivity index (χ3v) is 2.70. The summed E-state index contributed by atoms with van der Waals surface area (Å²) in [6, 6.07) is 4.48. The van der Waals surface area contributed by atoms with Crippen LogP contribution < -0.4 is 4.90 Å². The summed E-state index contributed by atoms with van der Waals surface area (Å²) in [7, 11) is 1.79. The van der Waals surface area contributed by atoms with E-state index in [-0.39, 0.29) is 11.2 Å². The van der Waals surface area contributed by atoms with E-state index in [2.05, 4.69) is 0 Å². The van der Waals surface area contributed by atoms with Gasteiger partial charge in [0.1, 0.15) is 12.0 Å². The first kappa shape index (κ1) is 13.2. The van der Waals surface area contributed by atoms with Gasteiger partial charge in [-0.05, 0) is 32.9 Å². The first-order chi connectivity index (χ1) is 7.77. The lowest BCUT2D eigenvalue weighted by Crippen LogP contribution is -2.38. The maximum absolute atomic E-state index is 11.0. The highest BCUT2D eigenvalue weighted by Gasteiger charge is 2.24. The molecule has 1 aromatic carbocycles. The molecule has 5 nitrogen and oxygen atoms in total. The number of benzene rings is 1. The van der Waals surface area contributed by atoms with Crippen LogP contribution in [-0.2, 0) is 0 Å². The van der Waals surface area contributed by atoms with Crippen molar-refractivity contribution >= 4 is 17.7 Å². The van der Waals surface area contributed by atoms with Crippen molar-refractivity contribution in [2.45, 2.75) is 26.3 Å². The Morgan fingerprint density at radius 2 is 1.94 bits per heavy atom. The smallest absolute Gasteiger partial charge is 0.293 e. The molecule has 0 aromatic heterocycles. The van der Waals surface area contributed by atoms with E-state index in [1.54, 1.807) is 19.2 Å². The Hall–Kier alpha value is -1.91. The average Bonchev–Trinajstić information content (AvgIpc) is 2.25. The van der Waals surface area contributed by atoms with Crippen LogP contribution in [0.5, 0.6) is 0 Å². The number of aldehydes is 1. The molecule has 0 radical (unpaired) electrons. The van der Waals surface area contributed by atoms with Gasteiger partial charge in [-0.15, -0.1) is 0 Å². The van der Waals surface area contributed by atoms with Crippen molar-refractivity contribution in [3.8, 4) is 0 Å². The molecule has 0 fully saturated rings. The standard InChI is InChI=1S/C12H16N2O3/c1-12(2,3)13(4)10-6-5-9(8-15)7-11(10)14(16)17/h5-8H,1-4H3. The number of carbonyl (C=O) groups excluding carboxylic acids is 1. The molecular weight excluding hydrogens is 220 g/mol. The van der Waals surface area contributed by atoms with Gasteiger partial charge in [-0.3, -0.25) is 14.9 Å². The van der Waals surface area contributed by atoms with E-state index < -0.39 is 4.92 Å². The zero-order chi connectivity index (χ0) is 13.2. The van der Waals surface area contributed by atoms with Gasteiger partial charge in [0.05, 0.1) is 4.92 Å². The fourth-order valence-corrected chi connectivity index (χ4v) is 1.40. The fraction of sp³-hybridized carbons (Fsp3) is 0.417. The Balaban J connectivity index is 3.33. The molecule has 0 saturated carbocycles. The summed E-state index contributed by atoms with van der Waals surface area (Å²) < 4.78 is 0. The first-order valence-electron chi connectivity index (χ1n) is 5.25. The molecule has 0 atom stereocenters. The number of hydrogen-bond acceptors (Lipinski definition) is 4. The van der Waals surface area contributed by atoms with E-state index >= 15 is 0 Å². The lowest BCUT2D eigenvalue weighted by atomic mass is 10.0. The van der Waals surface area contributed by atoms with Gasteiger partial charge in [0.2, 0.25) is 0 Å². The molecule has 0 N–H and O–H groups in total. The van der Waals surface area contributed by atoms with E-state index in [1.807, 2.05) is 25.7 Å². The van der Waals surface area contributed by atoms with Gasteiger partial charge in [0.15, 0.2) is 0 Å². The third kappa shape index (κ3) is 2.81. The van der Waals surface area contributed by atoms with Crippen LogP contribution in [0.4, 0.5) is 11.4 Å². The van der Waals surface area contributed by atoms with Gasteiger partial charge in [0.25, 0.3) is 5.69 Å². The van der Waals surface area contributed by atoms with Gasteiger partial charge in [-0.2, -0.15) is 0 Å². The van der Waals surface area contributed by atoms with Gasteiger partial charge in [-0.1, -0.05) is 0 Å². The maximum Gasteiger partial charge on any atom is 0.293 e. The van der Waals surface area contributed by atoms with Crippen LogP contribution in [-0.4, -0.2) is 23.8 Å². The van der Waals surface area contributed by atoms with Crippen molar-refractivity contribution in [3.05, 3.63) is 33.9 Å². The Kier molecular flexibility index (Phi) is 3.50. The SMILES string of the molecule is CN(c1ccc(C=O)cc1[N+](=O)[O-])C(C)(C)C. The summed E-state index contributed by atoms with van der Waals surface area (Å²) in [5, 5.41) is 11.0. The largest absolute Gasteiger partial charge is 0.364 e. The van der Waals surface area contributed by atoms with Crippen molar-refractivity contribution in [2.75, 3.05) is 11.9 Å². The molecule has 0 amide bonds. The lowest BCUT2D eigenvalue weighted by molar-refractivity contribution is -0.384. The zero-order valence-corrected chi connectivity index (χ0v) is 10.4. The first-order valence-corrected chi connectivity index (χ1v) is 5.25. The highest BCUT2D eigenvalue weighted by Crippen LogP contribution is 2.32. The minimum atomic E-state index is -0.468. The van der Waals surface area contributed by atoms with Crippen LogP contribution >= 0.6 is 0 Å². The summed E-state index contributed by atoms with van der Waals surface area (Å²) in [5.41, 5.74) is 0.538. The topological polar surface area (TPSA) is 63.5 Å². The van der Waals surface area contributed by atoms with Crippen molar-refractivity contribution in [3.63, 3.8) is 0 Å². The summed E-state index contributed by atoms with van der Waals surface area (Å²) in [6.07, 6.45) is 0.605. The molecule has 0 aliphatic carbocycles. The van der Waals surface area contributed by atoms with Crippen LogP contribution in [0.15, 0.2) is 18.2 Å². The van der Waals surface area contributed by atoms with E-state index in [0.29, 0.717) is 17.5 Å². The molecule has 0 spiro atoms. The number of anilines is 1.